The lowest BCUT2D eigenvalue weighted by atomic mass is 10.1. The van der Waals surface area contributed by atoms with Crippen molar-refractivity contribution in [1.82, 2.24) is 14.9 Å². The molecule has 3 aromatic rings. The molecule has 9 heteroatoms. The minimum absolute atomic E-state index is 0.266. The van der Waals surface area contributed by atoms with Gasteiger partial charge in [-0.1, -0.05) is 12.1 Å². The van der Waals surface area contributed by atoms with Crippen LogP contribution in [0.2, 0.25) is 0 Å². The number of morpholine rings is 1. The van der Waals surface area contributed by atoms with E-state index in [0.717, 1.165) is 68.1 Å². The molecule has 0 aliphatic carbocycles. The number of ether oxygens (including phenoxy) is 3. The second kappa shape index (κ2) is 11.0. The minimum atomic E-state index is 0.266. The number of methoxy groups -OCH3 is 2. The first-order valence-electron chi connectivity index (χ1n) is 11.2. The van der Waals surface area contributed by atoms with Crippen molar-refractivity contribution < 1.29 is 19.3 Å². The van der Waals surface area contributed by atoms with Crippen molar-refractivity contribution in [3.8, 4) is 17.2 Å². The van der Waals surface area contributed by atoms with Gasteiger partial charge in [-0.3, -0.25) is 4.90 Å². The summed E-state index contributed by atoms with van der Waals surface area (Å²) in [5, 5.41) is 17.1. The molecular weight excluding hydrogens is 422 g/mol. The fourth-order valence-corrected chi connectivity index (χ4v) is 3.81. The number of benzene rings is 2. The summed E-state index contributed by atoms with van der Waals surface area (Å²) in [6, 6.07) is 11.0. The molecule has 0 amide bonds. The van der Waals surface area contributed by atoms with Crippen molar-refractivity contribution >= 4 is 22.7 Å². The number of hydrogen-bond acceptors (Lipinski definition) is 9. The van der Waals surface area contributed by atoms with E-state index in [1.807, 2.05) is 24.3 Å². The van der Waals surface area contributed by atoms with Crippen LogP contribution in [-0.4, -0.2) is 80.1 Å². The van der Waals surface area contributed by atoms with Crippen LogP contribution in [0.3, 0.4) is 0 Å². The highest BCUT2D eigenvalue weighted by Crippen LogP contribution is 2.34. The lowest BCUT2D eigenvalue weighted by Crippen LogP contribution is -2.39. The predicted molar refractivity (Wildman–Crippen MR) is 129 cm³/mol. The molecule has 2 heterocycles. The van der Waals surface area contributed by atoms with Crippen LogP contribution in [0.15, 0.2) is 36.4 Å². The number of nitrogens with one attached hydrogen (secondary N) is 2. The maximum atomic E-state index is 9.48. The van der Waals surface area contributed by atoms with Crippen molar-refractivity contribution in [2.24, 2.45) is 0 Å². The maximum Gasteiger partial charge on any atom is 0.225 e. The first-order chi connectivity index (χ1) is 16.2. The quantitative estimate of drug-likeness (QED) is 0.428. The fraction of sp³-hybridized carbons (Fsp3) is 0.417. The van der Waals surface area contributed by atoms with Crippen LogP contribution in [-0.2, 0) is 11.2 Å². The largest absolute Gasteiger partial charge is 0.508 e. The summed E-state index contributed by atoms with van der Waals surface area (Å²) >= 11 is 0. The molecule has 0 radical (unpaired) electrons. The highest BCUT2D eigenvalue weighted by atomic mass is 16.5. The zero-order valence-electron chi connectivity index (χ0n) is 19.1. The molecule has 0 saturated carbocycles. The van der Waals surface area contributed by atoms with E-state index in [4.69, 9.17) is 24.2 Å². The van der Waals surface area contributed by atoms with Crippen LogP contribution in [0.5, 0.6) is 17.2 Å². The summed E-state index contributed by atoms with van der Waals surface area (Å²) in [6.07, 6.45) is 0.791. The monoisotopic (exact) mass is 453 g/mol. The molecule has 176 valence electrons. The van der Waals surface area contributed by atoms with Crippen LogP contribution in [0.1, 0.15) is 5.56 Å². The van der Waals surface area contributed by atoms with Gasteiger partial charge in [0.1, 0.15) is 11.6 Å². The van der Waals surface area contributed by atoms with E-state index in [0.29, 0.717) is 24.0 Å². The third-order valence-corrected chi connectivity index (χ3v) is 5.66. The molecule has 3 N–H and O–H groups in total. The molecule has 1 aromatic heterocycles. The second-order valence-electron chi connectivity index (χ2n) is 7.84. The lowest BCUT2D eigenvalue weighted by molar-refractivity contribution is 0.0398. The van der Waals surface area contributed by atoms with E-state index in [9.17, 15) is 5.11 Å². The molecule has 1 aliphatic heterocycles. The molecular formula is C24H31N5O4. The van der Waals surface area contributed by atoms with Gasteiger partial charge in [0, 0.05) is 44.2 Å². The second-order valence-corrected chi connectivity index (χ2v) is 7.84. The molecule has 1 aliphatic rings. The van der Waals surface area contributed by atoms with Crippen LogP contribution < -0.4 is 20.1 Å². The van der Waals surface area contributed by atoms with Gasteiger partial charge in [0.25, 0.3) is 0 Å². The molecule has 33 heavy (non-hydrogen) atoms. The number of rotatable bonds is 10. The van der Waals surface area contributed by atoms with E-state index in [1.54, 1.807) is 26.4 Å². The first-order valence-corrected chi connectivity index (χ1v) is 11.2. The normalized spacial score (nSPS) is 14.2. The van der Waals surface area contributed by atoms with E-state index in [1.165, 1.54) is 0 Å². The number of nitrogens with zero attached hydrogens (tertiary/aromatic N) is 3. The topological polar surface area (TPSA) is 101 Å². The van der Waals surface area contributed by atoms with E-state index >= 15 is 0 Å². The highest BCUT2D eigenvalue weighted by Gasteiger charge is 2.14. The van der Waals surface area contributed by atoms with Gasteiger partial charge in [0.05, 0.1) is 33.0 Å². The molecule has 0 unspecified atom stereocenters. The van der Waals surface area contributed by atoms with Crippen LogP contribution in [0.25, 0.3) is 10.9 Å². The Bertz CT molecular complexity index is 1050. The van der Waals surface area contributed by atoms with Crippen LogP contribution in [0, 0.1) is 0 Å². The number of aromatic hydroxyl groups is 1. The number of fused-ring (bicyclic) bond motifs is 1. The molecule has 0 atom stereocenters. The third-order valence-electron chi connectivity index (χ3n) is 5.66. The summed E-state index contributed by atoms with van der Waals surface area (Å²) in [5.41, 5.74) is 1.89. The van der Waals surface area contributed by atoms with Crippen molar-refractivity contribution in [2.45, 2.75) is 6.42 Å². The number of phenols is 1. The van der Waals surface area contributed by atoms with E-state index < -0.39 is 0 Å². The summed E-state index contributed by atoms with van der Waals surface area (Å²) in [5.74, 6) is 2.81. The smallest absolute Gasteiger partial charge is 0.225 e. The molecule has 2 aromatic carbocycles. The SMILES string of the molecule is COc1cc2nc(NCCN3CCOCC3)nc(NCCc3ccc(O)cc3)c2cc1OC. The Morgan fingerprint density at radius 3 is 2.42 bits per heavy atom. The van der Waals surface area contributed by atoms with Gasteiger partial charge in [-0.25, -0.2) is 4.98 Å². The summed E-state index contributed by atoms with van der Waals surface area (Å²) in [7, 11) is 3.23. The van der Waals surface area contributed by atoms with Gasteiger partial charge in [0.2, 0.25) is 5.95 Å². The van der Waals surface area contributed by atoms with E-state index in [-0.39, 0.29) is 5.75 Å². The summed E-state index contributed by atoms with van der Waals surface area (Å²) < 4.78 is 16.4. The Labute approximate surface area is 193 Å². The van der Waals surface area contributed by atoms with Crippen LogP contribution >= 0.6 is 0 Å². The highest BCUT2D eigenvalue weighted by molar-refractivity contribution is 5.92. The molecule has 0 bridgehead atoms. The average molecular weight is 454 g/mol. The summed E-state index contributed by atoms with van der Waals surface area (Å²) in [6.45, 7) is 5.78. The van der Waals surface area contributed by atoms with Crippen molar-refractivity contribution in [3.63, 3.8) is 0 Å². The van der Waals surface area contributed by atoms with Gasteiger partial charge in [-0.15, -0.1) is 0 Å². The first kappa shape index (κ1) is 22.9. The van der Waals surface area contributed by atoms with E-state index in [2.05, 4.69) is 15.5 Å². The molecule has 9 nitrogen and oxygen atoms in total. The van der Waals surface area contributed by atoms with Gasteiger partial charge in [0.15, 0.2) is 11.5 Å². The Balaban J connectivity index is 1.52. The van der Waals surface area contributed by atoms with Crippen molar-refractivity contribution in [1.29, 1.82) is 0 Å². The number of phenolic OH excluding ortho intramolecular Hbond substituents is 1. The van der Waals surface area contributed by atoms with Gasteiger partial charge >= 0.3 is 0 Å². The van der Waals surface area contributed by atoms with Gasteiger partial charge in [-0.2, -0.15) is 4.98 Å². The zero-order chi connectivity index (χ0) is 23.0. The summed E-state index contributed by atoms with van der Waals surface area (Å²) in [4.78, 5) is 11.8. The molecule has 1 saturated heterocycles. The predicted octanol–water partition coefficient (Wildman–Crippen LogP) is 2.75. The van der Waals surface area contributed by atoms with Gasteiger partial charge < -0.3 is 30.0 Å². The maximum absolute atomic E-state index is 9.48. The Hall–Kier alpha value is -3.30. The lowest BCUT2D eigenvalue weighted by Gasteiger charge is -2.26. The molecule has 0 spiro atoms. The number of aromatic nitrogens is 2. The van der Waals surface area contributed by atoms with Crippen molar-refractivity contribution in [3.05, 3.63) is 42.0 Å². The molecule has 1 fully saturated rings. The standard InChI is InChI=1S/C24H31N5O4/c1-31-21-15-19-20(16-22(21)32-2)27-24(26-9-10-29-11-13-33-14-12-29)28-23(19)25-8-7-17-3-5-18(30)6-4-17/h3-6,15-16,30H,7-14H2,1-2H3,(H2,25,26,27,28). The van der Waals surface area contributed by atoms with Gasteiger partial charge in [-0.05, 0) is 30.2 Å². The third kappa shape index (κ3) is 5.94. The molecule has 4 rings (SSSR count). The van der Waals surface area contributed by atoms with Crippen LogP contribution in [0.4, 0.5) is 11.8 Å². The van der Waals surface area contributed by atoms with Crippen molar-refractivity contribution in [2.75, 3.05) is 70.8 Å². The number of anilines is 2. The zero-order valence-corrected chi connectivity index (χ0v) is 19.1. The Morgan fingerprint density at radius 1 is 0.970 bits per heavy atom. The Morgan fingerprint density at radius 2 is 1.70 bits per heavy atom. The Kier molecular flexibility index (Phi) is 7.64. The number of hydrogen-bond donors (Lipinski definition) is 3. The minimum Gasteiger partial charge on any atom is -0.508 e. The average Bonchev–Trinajstić information content (AvgIpc) is 2.85. The fourth-order valence-electron chi connectivity index (χ4n) is 3.81.